The predicted molar refractivity (Wildman–Crippen MR) is 69.4 cm³/mol. The molecule has 18 heavy (non-hydrogen) atoms. The van der Waals surface area contributed by atoms with E-state index in [2.05, 4.69) is 28.5 Å². The molecule has 6 heteroatoms. The topological polar surface area (TPSA) is 70.9 Å². The van der Waals surface area contributed by atoms with Crippen molar-refractivity contribution in [1.82, 2.24) is 19.3 Å². The summed E-state index contributed by atoms with van der Waals surface area (Å²) < 4.78 is 9.59. The SMILES string of the molecule is CCc1nn(C)c2c1nc(N)n2C1CCOC1C. The number of hydrogen-bond acceptors (Lipinski definition) is 4. The first-order valence-corrected chi connectivity index (χ1v) is 6.44. The lowest BCUT2D eigenvalue weighted by atomic mass is 10.1. The van der Waals surface area contributed by atoms with Gasteiger partial charge in [-0.3, -0.25) is 9.25 Å². The number of nitrogens with zero attached hydrogens (tertiary/aromatic N) is 4. The molecule has 98 valence electrons. The Hall–Kier alpha value is -1.56. The highest BCUT2D eigenvalue weighted by Crippen LogP contribution is 2.32. The average molecular weight is 249 g/mol. The first-order valence-electron chi connectivity index (χ1n) is 6.44. The van der Waals surface area contributed by atoms with Gasteiger partial charge in [0.05, 0.1) is 17.8 Å². The van der Waals surface area contributed by atoms with Crippen molar-refractivity contribution in [2.24, 2.45) is 7.05 Å². The zero-order valence-electron chi connectivity index (χ0n) is 11.1. The van der Waals surface area contributed by atoms with Gasteiger partial charge in [0, 0.05) is 13.7 Å². The summed E-state index contributed by atoms with van der Waals surface area (Å²) in [7, 11) is 1.94. The second kappa shape index (κ2) is 3.98. The molecular weight excluding hydrogens is 230 g/mol. The third kappa shape index (κ3) is 1.45. The fourth-order valence-corrected chi connectivity index (χ4v) is 2.84. The van der Waals surface area contributed by atoms with Crippen LogP contribution >= 0.6 is 0 Å². The van der Waals surface area contributed by atoms with Gasteiger partial charge in [0.25, 0.3) is 0 Å². The molecule has 3 rings (SSSR count). The number of aromatic nitrogens is 4. The fraction of sp³-hybridized carbons (Fsp3) is 0.667. The van der Waals surface area contributed by atoms with E-state index in [1.165, 1.54) is 0 Å². The Morgan fingerprint density at radius 1 is 1.50 bits per heavy atom. The van der Waals surface area contributed by atoms with Gasteiger partial charge in [0.2, 0.25) is 5.95 Å². The minimum Gasteiger partial charge on any atom is -0.376 e. The number of ether oxygens (including phenoxy) is 1. The third-order valence-corrected chi connectivity index (χ3v) is 3.77. The Balaban J connectivity index is 2.22. The summed E-state index contributed by atoms with van der Waals surface area (Å²) in [6.07, 6.45) is 2.01. The molecule has 0 spiro atoms. The van der Waals surface area contributed by atoms with Crippen molar-refractivity contribution < 1.29 is 4.74 Å². The van der Waals surface area contributed by atoms with Crippen molar-refractivity contribution in [2.75, 3.05) is 12.3 Å². The van der Waals surface area contributed by atoms with Gasteiger partial charge in [-0.2, -0.15) is 5.10 Å². The molecule has 0 bridgehead atoms. The van der Waals surface area contributed by atoms with Crippen LogP contribution < -0.4 is 5.73 Å². The van der Waals surface area contributed by atoms with E-state index in [0.717, 1.165) is 36.3 Å². The minimum atomic E-state index is 0.171. The van der Waals surface area contributed by atoms with Gasteiger partial charge in [-0.25, -0.2) is 4.98 Å². The van der Waals surface area contributed by atoms with Crippen molar-refractivity contribution in [3.05, 3.63) is 5.69 Å². The van der Waals surface area contributed by atoms with E-state index < -0.39 is 0 Å². The summed E-state index contributed by atoms with van der Waals surface area (Å²) in [4.78, 5) is 4.49. The maximum absolute atomic E-state index is 6.09. The summed E-state index contributed by atoms with van der Waals surface area (Å²) in [5.41, 5.74) is 9.03. The maximum atomic E-state index is 6.09. The van der Waals surface area contributed by atoms with Crippen LogP contribution in [0, 0.1) is 0 Å². The normalized spacial score (nSPS) is 24.2. The molecule has 2 unspecified atom stereocenters. The van der Waals surface area contributed by atoms with Crippen molar-refractivity contribution in [2.45, 2.75) is 38.8 Å². The van der Waals surface area contributed by atoms with Gasteiger partial charge < -0.3 is 10.5 Å². The zero-order valence-corrected chi connectivity index (χ0v) is 11.1. The largest absolute Gasteiger partial charge is 0.376 e. The van der Waals surface area contributed by atoms with Crippen LogP contribution in [0.4, 0.5) is 5.95 Å². The molecule has 1 saturated heterocycles. The van der Waals surface area contributed by atoms with E-state index in [1.807, 2.05) is 11.7 Å². The highest BCUT2D eigenvalue weighted by molar-refractivity contribution is 5.78. The molecule has 3 heterocycles. The Bertz CT molecular complexity index is 585. The lowest BCUT2D eigenvalue weighted by molar-refractivity contribution is 0.108. The molecule has 2 aromatic heterocycles. The molecule has 2 atom stereocenters. The van der Waals surface area contributed by atoms with Crippen LogP contribution in [-0.4, -0.2) is 32.0 Å². The molecule has 0 aromatic carbocycles. The minimum absolute atomic E-state index is 0.171. The average Bonchev–Trinajstić information content (AvgIpc) is 2.96. The first kappa shape index (κ1) is 11.5. The quantitative estimate of drug-likeness (QED) is 0.870. The maximum Gasteiger partial charge on any atom is 0.202 e. The van der Waals surface area contributed by atoms with Crippen LogP contribution in [0.3, 0.4) is 0 Å². The Morgan fingerprint density at radius 2 is 2.28 bits per heavy atom. The molecule has 0 amide bonds. The number of rotatable bonds is 2. The molecule has 2 aromatic rings. The van der Waals surface area contributed by atoms with Crippen LogP contribution in [-0.2, 0) is 18.2 Å². The summed E-state index contributed by atoms with van der Waals surface area (Å²) in [5, 5.41) is 4.50. The highest BCUT2D eigenvalue weighted by Gasteiger charge is 2.30. The second-order valence-electron chi connectivity index (χ2n) is 4.87. The standard InChI is InChI=1S/C12H19N5O/c1-4-8-10-11(16(3)15-8)17(12(13)14-10)9-5-6-18-7(9)2/h7,9H,4-6H2,1-3H3,(H2,13,14). The van der Waals surface area contributed by atoms with E-state index in [-0.39, 0.29) is 12.1 Å². The number of nitrogen functional groups attached to an aromatic ring is 1. The number of anilines is 1. The van der Waals surface area contributed by atoms with E-state index in [9.17, 15) is 0 Å². The number of hydrogen-bond donors (Lipinski definition) is 1. The Labute approximate surface area is 106 Å². The molecule has 1 aliphatic rings. The Kier molecular flexibility index (Phi) is 2.55. The van der Waals surface area contributed by atoms with Crippen LogP contribution in [0.15, 0.2) is 0 Å². The highest BCUT2D eigenvalue weighted by atomic mass is 16.5. The van der Waals surface area contributed by atoms with Crippen LogP contribution in [0.2, 0.25) is 0 Å². The summed E-state index contributed by atoms with van der Waals surface area (Å²) in [5.74, 6) is 0.565. The Morgan fingerprint density at radius 3 is 2.89 bits per heavy atom. The van der Waals surface area contributed by atoms with Gasteiger partial charge in [-0.05, 0) is 19.8 Å². The van der Waals surface area contributed by atoms with Crippen LogP contribution in [0.1, 0.15) is 32.0 Å². The molecular formula is C12H19N5O. The van der Waals surface area contributed by atoms with Gasteiger partial charge in [0.1, 0.15) is 5.52 Å². The second-order valence-corrected chi connectivity index (χ2v) is 4.87. The number of aryl methyl sites for hydroxylation is 2. The monoisotopic (exact) mass is 249 g/mol. The molecule has 2 N–H and O–H groups in total. The first-order chi connectivity index (χ1) is 8.63. The molecule has 0 saturated carbocycles. The van der Waals surface area contributed by atoms with Gasteiger partial charge in [0.15, 0.2) is 5.65 Å². The summed E-state index contributed by atoms with van der Waals surface area (Å²) in [6, 6.07) is 0.259. The molecule has 6 nitrogen and oxygen atoms in total. The summed E-state index contributed by atoms with van der Waals surface area (Å²) >= 11 is 0. The van der Waals surface area contributed by atoms with Crippen LogP contribution in [0.25, 0.3) is 11.2 Å². The van der Waals surface area contributed by atoms with E-state index in [4.69, 9.17) is 10.5 Å². The zero-order chi connectivity index (χ0) is 12.9. The number of nitrogens with two attached hydrogens (primary N) is 1. The summed E-state index contributed by atoms with van der Waals surface area (Å²) in [6.45, 7) is 4.95. The predicted octanol–water partition coefficient (Wildman–Crippen LogP) is 1.26. The number of imidazole rings is 1. The van der Waals surface area contributed by atoms with Crippen molar-refractivity contribution in [3.63, 3.8) is 0 Å². The molecule has 1 aliphatic heterocycles. The lowest BCUT2D eigenvalue weighted by Gasteiger charge is -2.18. The van der Waals surface area contributed by atoms with Crippen LogP contribution in [0.5, 0.6) is 0 Å². The van der Waals surface area contributed by atoms with Crippen molar-refractivity contribution >= 4 is 17.1 Å². The van der Waals surface area contributed by atoms with E-state index in [1.54, 1.807) is 0 Å². The van der Waals surface area contributed by atoms with Crippen molar-refractivity contribution in [3.8, 4) is 0 Å². The fourth-order valence-electron chi connectivity index (χ4n) is 2.84. The van der Waals surface area contributed by atoms with Gasteiger partial charge in [-0.1, -0.05) is 6.92 Å². The number of fused-ring (bicyclic) bond motifs is 1. The molecule has 1 fully saturated rings. The van der Waals surface area contributed by atoms with Gasteiger partial charge in [-0.15, -0.1) is 0 Å². The van der Waals surface area contributed by atoms with Crippen molar-refractivity contribution in [1.29, 1.82) is 0 Å². The van der Waals surface area contributed by atoms with E-state index in [0.29, 0.717) is 5.95 Å². The lowest BCUT2D eigenvalue weighted by Crippen LogP contribution is -2.19. The molecule has 0 radical (unpaired) electrons. The van der Waals surface area contributed by atoms with Gasteiger partial charge >= 0.3 is 0 Å². The smallest absolute Gasteiger partial charge is 0.202 e. The third-order valence-electron chi connectivity index (χ3n) is 3.77. The molecule has 0 aliphatic carbocycles. The van der Waals surface area contributed by atoms with E-state index >= 15 is 0 Å².